The molecule has 166 valence electrons. The molecule has 0 saturated heterocycles. The van der Waals surface area contributed by atoms with Gasteiger partial charge in [0.2, 0.25) is 0 Å². The van der Waals surface area contributed by atoms with Crippen molar-refractivity contribution in [3.63, 3.8) is 0 Å². The van der Waals surface area contributed by atoms with Crippen LogP contribution in [0.3, 0.4) is 0 Å². The maximum Gasteiger partial charge on any atom is 0.372 e. The van der Waals surface area contributed by atoms with E-state index in [9.17, 15) is 14.4 Å². The van der Waals surface area contributed by atoms with Gasteiger partial charge in [0.05, 0.1) is 5.57 Å². The molecule has 1 atom stereocenters. The fourth-order valence-corrected chi connectivity index (χ4v) is 4.27. The Morgan fingerprint density at radius 2 is 1.94 bits per heavy atom. The Hall–Kier alpha value is -2.87. The minimum absolute atomic E-state index is 0.0387. The van der Waals surface area contributed by atoms with Crippen molar-refractivity contribution in [2.24, 2.45) is 5.92 Å². The number of aromatic nitrogens is 1. The molecule has 1 aliphatic carbocycles. The van der Waals surface area contributed by atoms with E-state index in [0.29, 0.717) is 35.7 Å². The highest BCUT2D eigenvalue weighted by molar-refractivity contribution is 8.13. The molecule has 0 bridgehead atoms. The second-order valence-electron chi connectivity index (χ2n) is 7.88. The van der Waals surface area contributed by atoms with Crippen LogP contribution in [0.1, 0.15) is 46.9 Å². The van der Waals surface area contributed by atoms with Crippen LogP contribution in [0.4, 0.5) is 4.79 Å². The molecule has 1 unspecified atom stereocenters. The van der Waals surface area contributed by atoms with Crippen LogP contribution in [-0.2, 0) is 9.53 Å². The number of ketones is 1. The summed E-state index contributed by atoms with van der Waals surface area (Å²) in [6, 6.07) is 9.35. The lowest BCUT2D eigenvalue weighted by atomic mass is 9.94. The second-order valence-corrected chi connectivity index (χ2v) is 9.08. The Labute approximate surface area is 193 Å². The van der Waals surface area contributed by atoms with E-state index in [-0.39, 0.29) is 24.0 Å². The van der Waals surface area contributed by atoms with Crippen molar-refractivity contribution >= 4 is 47.6 Å². The molecule has 1 aliphatic rings. The zero-order valence-corrected chi connectivity index (χ0v) is 19.7. The first-order valence-corrected chi connectivity index (χ1v) is 11.7. The minimum atomic E-state index is -0.418. The van der Waals surface area contributed by atoms with Crippen LogP contribution in [0.5, 0.6) is 0 Å². The van der Waals surface area contributed by atoms with Crippen molar-refractivity contribution < 1.29 is 19.1 Å². The predicted octanol–water partition coefficient (Wildman–Crippen LogP) is 2.97. The first kappa shape index (κ1) is 23.8. The molecule has 6 nitrogen and oxygen atoms in total. The fourth-order valence-electron chi connectivity index (χ4n) is 3.89. The average molecular weight is 450 g/mol. The molecule has 1 heterocycles. The normalized spacial score (nSPS) is 15.7. The lowest BCUT2D eigenvalue weighted by Crippen LogP contribution is -2.27. The summed E-state index contributed by atoms with van der Waals surface area (Å²) in [5, 5.41) is 2.44. The van der Waals surface area contributed by atoms with Gasteiger partial charge < -0.3 is 10.1 Å². The van der Waals surface area contributed by atoms with Crippen molar-refractivity contribution in [1.82, 2.24) is 10.3 Å². The van der Waals surface area contributed by atoms with E-state index in [1.165, 1.54) is 0 Å². The van der Waals surface area contributed by atoms with Crippen molar-refractivity contribution in [2.45, 2.75) is 33.6 Å². The van der Waals surface area contributed by atoms with E-state index in [2.05, 4.69) is 10.3 Å². The lowest BCUT2D eigenvalue weighted by molar-refractivity contribution is -0.113. The largest absolute Gasteiger partial charge is 0.422 e. The second kappa shape index (κ2) is 10.6. The quantitative estimate of drug-likeness (QED) is 0.516. The number of nitrogens with zero attached hydrogens (tertiary/aromatic N) is 1. The van der Waals surface area contributed by atoms with Crippen LogP contribution in [0.25, 0.3) is 5.57 Å². The first-order chi connectivity index (χ1) is 15.3. The summed E-state index contributed by atoms with van der Waals surface area (Å²) in [4.78, 5) is 41.9. The zero-order valence-electron chi connectivity index (χ0n) is 18.9. The SMILES string of the molecule is Bc1ccc(C(=O)NCCC2CC(=O)C(c3c(C)cccc3C)=C2OC(=O)SCC)nc1. The molecular weight excluding hydrogens is 423 g/mol. The van der Waals surface area contributed by atoms with Gasteiger partial charge >= 0.3 is 5.30 Å². The molecular formula is C24H27BN2O4S. The van der Waals surface area contributed by atoms with Gasteiger partial charge in [-0.2, -0.15) is 0 Å². The number of hydrogen-bond acceptors (Lipinski definition) is 6. The smallest absolute Gasteiger partial charge is 0.372 e. The Kier molecular flexibility index (Phi) is 7.91. The Bertz CT molecular complexity index is 1050. The number of Topliss-reactive ketones (excluding diaryl/α,β-unsaturated/α-hetero) is 1. The van der Waals surface area contributed by atoms with Gasteiger partial charge in [0.25, 0.3) is 5.91 Å². The summed E-state index contributed by atoms with van der Waals surface area (Å²) in [7, 11) is 1.91. The topological polar surface area (TPSA) is 85.4 Å². The van der Waals surface area contributed by atoms with E-state index in [1.807, 2.05) is 52.9 Å². The van der Waals surface area contributed by atoms with Crippen molar-refractivity contribution in [1.29, 1.82) is 0 Å². The number of benzene rings is 1. The number of allylic oxidation sites excluding steroid dienone is 2. The van der Waals surface area contributed by atoms with Crippen LogP contribution >= 0.6 is 11.8 Å². The summed E-state index contributed by atoms with van der Waals surface area (Å²) >= 11 is 1.07. The van der Waals surface area contributed by atoms with Crippen molar-refractivity contribution in [3.8, 4) is 0 Å². The molecule has 0 saturated carbocycles. The number of hydrogen-bond donors (Lipinski definition) is 1. The third-order valence-corrected chi connectivity index (χ3v) is 6.04. The van der Waals surface area contributed by atoms with Crippen LogP contribution in [0, 0.1) is 19.8 Å². The number of carbonyl (C=O) groups is 3. The number of carbonyl (C=O) groups excluding carboxylic acids is 3. The third-order valence-electron chi connectivity index (χ3n) is 5.44. The molecule has 0 radical (unpaired) electrons. The summed E-state index contributed by atoms with van der Waals surface area (Å²) in [5.74, 6) is 0.421. The van der Waals surface area contributed by atoms with Crippen LogP contribution in [0.15, 0.2) is 42.3 Å². The number of aryl methyl sites for hydroxylation is 2. The molecule has 0 fully saturated rings. The molecule has 0 spiro atoms. The average Bonchev–Trinajstić information content (AvgIpc) is 3.03. The third kappa shape index (κ3) is 5.48. The summed E-state index contributed by atoms with van der Waals surface area (Å²) in [6.07, 6.45) is 2.38. The minimum Gasteiger partial charge on any atom is -0.422 e. The summed E-state index contributed by atoms with van der Waals surface area (Å²) in [5.41, 5.74) is 4.57. The Morgan fingerprint density at radius 1 is 1.22 bits per heavy atom. The van der Waals surface area contributed by atoms with E-state index in [0.717, 1.165) is 33.9 Å². The molecule has 1 aromatic heterocycles. The monoisotopic (exact) mass is 450 g/mol. The highest BCUT2D eigenvalue weighted by Crippen LogP contribution is 2.40. The molecule has 1 aromatic carbocycles. The van der Waals surface area contributed by atoms with Gasteiger partial charge in [-0.3, -0.25) is 14.6 Å². The zero-order chi connectivity index (χ0) is 23.3. The maximum atomic E-state index is 13.0. The number of nitrogens with one attached hydrogen (secondary N) is 1. The molecule has 1 N–H and O–H groups in total. The predicted molar refractivity (Wildman–Crippen MR) is 130 cm³/mol. The first-order valence-electron chi connectivity index (χ1n) is 10.7. The Balaban J connectivity index is 1.82. The maximum absolute atomic E-state index is 13.0. The highest BCUT2D eigenvalue weighted by Gasteiger charge is 2.37. The van der Waals surface area contributed by atoms with Gasteiger partial charge in [0.15, 0.2) is 5.78 Å². The van der Waals surface area contributed by atoms with Crippen LogP contribution < -0.4 is 10.8 Å². The van der Waals surface area contributed by atoms with Crippen molar-refractivity contribution in [3.05, 3.63) is 64.7 Å². The highest BCUT2D eigenvalue weighted by atomic mass is 32.2. The molecule has 32 heavy (non-hydrogen) atoms. The van der Waals surface area contributed by atoms with Gasteiger partial charge in [-0.05, 0) is 54.8 Å². The molecule has 1 amide bonds. The van der Waals surface area contributed by atoms with Gasteiger partial charge in [0.1, 0.15) is 19.3 Å². The number of amides is 1. The lowest BCUT2D eigenvalue weighted by Gasteiger charge is -2.16. The Morgan fingerprint density at radius 3 is 2.56 bits per heavy atom. The van der Waals surface area contributed by atoms with E-state index in [4.69, 9.17) is 4.74 Å². The van der Waals surface area contributed by atoms with E-state index in [1.54, 1.807) is 12.3 Å². The summed E-state index contributed by atoms with van der Waals surface area (Å²) < 4.78 is 5.72. The molecule has 8 heteroatoms. The molecule has 3 rings (SSSR count). The molecule has 0 aliphatic heterocycles. The van der Waals surface area contributed by atoms with Crippen LogP contribution in [0.2, 0.25) is 0 Å². The number of ether oxygens (including phenoxy) is 1. The van der Waals surface area contributed by atoms with Gasteiger partial charge in [-0.15, -0.1) is 0 Å². The van der Waals surface area contributed by atoms with Gasteiger partial charge in [-0.1, -0.05) is 36.7 Å². The van der Waals surface area contributed by atoms with Crippen molar-refractivity contribution in [2.75, 3.05) is 12.3 Å². The standard InChI is InChI=1S/C24H27BN2O4S/c1-4-32-24(30)31-22-16(10-11-26-23(29)18-9-8-17(25)13-27-18)12-19(28)21(22)20-14(2)6-5-7-15(20)3/h5-9,13,16H,4,10-12,25H2,1-3H3,(H,26,29). The van der Waals surface area contributed by atoms with E-state index < -0.39 is 5.30 Å². The fraction of sp³-hybridized carbons (Fsp3) is 0.333. The molecule has 2 aromatic rings. The van der Waals surface area contributed by atoms with Gasteiger partial charge in [0, 0.05) is 30.8 Å². The number of pyridine rings is 1. The van der Waals surface area contributed by atoms with Gasteiger partial charge in [-0.25, -0.2) is 4.79 Å². The number of rotatable bonds is 7. The number of thioether (sulfide) groups is 1. The van der Waals surface area contributed by atoms with Crippen LogP contribution in [-0.4, -0.2) is 42.1 Å². The summed E-state index contributed by atoms with van der Waals surface area (Å²) in [6.45, 7) is 6.11. The van der Waals surface area contributed by atoms with E-state index >= 15 is 0 Å².